The Kier molecular flexibility index (Phi) is 5.50. The van der Waals surface area contributed by atoms with Crippen molar-refractivity contribution in [1.82, 2.24) is 5.16 Å². The summed E-state index contributed by atoms with van der Waals surface area (Å²) in [5.41, 5.74) is 1.26. The summed E-state index contributed by atoms with van der Waals surface area (Å²) in [5, 5.41) is 3.83. The summed E-state index contributed by atoms with van der Waals surface area (Å²) in [6, 6.07) is 15.1. The van der Waals surface area contributed by atoms with Gasteiger partial charge in [0.2, 0.25) is 0 Å². The first-order chi connectivity index (χ1) is 12.2. The van der Waals surface area contributed by atoms with Crippen molar-refractivity contribution in [2.75, 3.05) is 5.75 Å². The molecular weight excluding hydrogens is 341 g/mol. The zero-order chi connectivity index (χ0) is 17.6. The normalized spacial score (nSPS) is 10.6. The van der Waals surface area contributed by atoms with E-state index in [2.05, 4.69) is 5.16 Å². The van der Waals surface area contributed by atoms with Gasteiger partial charge < -0.3 is 9.26 Å². The van der Waals surface area contributed by atoms with Gasteiger partial charge in [-0.2, -0.15) is 0 Å². The molecule has 0 radical (unpaired) electrons. The van der Waals surface area contributed by atoms with Gasteiger partial charge in [-0.1, -0.05) is 36.3 Å². The van der Waals surface area contributed by atoms with Gasteiger partial charge in [0.15, 0.2) is 5.76 Å². The third-order valence-electron chi connectivity index (χ3n) is 3.46. The number of hydrogen-bond donors (Lipinski definition) is 0. The Labute approximate surface area is 149 Å². The SMILES string of the molecule is CCSc1ccccc1C(=O)OCc1cc(-c2ccccc2F)on1. The molecule has 1 heterocycles. The van der Waals surface area contributed by atoms with Crippen LogP contribution in [0.3, 0.4) is 0 Å². The smallest absolute Gasteiger partial charge is 0.339 e. The average molecular weight is 357 g/mol. The molecule has 128 valence electrons. The third-order valence-corrected chi connectivity index (χ3v) is 4.41. The molecule has 1 aromatic heterocycles. The number of ether oxygens (including phenoxy) is 1. The van der Waals surface area contributed by atoms with Gasteiger partial charge in [-0.15, -0.1) is 11.8 Å². The fourth-order valence-electron chi connectivity index (χ4n) is 2.30. The third kappa shape index (κ3) is 4.09. The van der Waals surface area contributed by atoms with Crippen LogP contribution in [0.2, 0.25) is 0 Å². The van der Waals surface area contributed by atoms with E-state index in [0.717, 1.165) is 10.6 Å². The summed E-state index contributed by atoms with van der Waals surface area (Å²) < 4.78 is 24.2. The van der Waals surface area contributed by atoms with Gasteiger partial charge in [-0.05, 0) is 30.0 Å². The van der Waals surface area contributed by atoms with E-state index in [1.807, 2.05) is 19.1 Å². The maximum atomic E-state index is 13.8. The van der Waals surface area contributed by atoms with Crippen LogP contribution < -0.4 is 0 Å². The molecule has 0 N–H and O–H groups in total. The van der Waals surface area contributed by atoms with Crippen molar-refractivity contribution in [2.45, 2.75) is 18.4 Å². The fourth-order valence-corrected chi connectivity index (χ4v) is 3.09. The van der Waals surface area contributed by atoms with Crippen molar-refractivity contribution < 1.29 is 18.4 Å². The standard InChI is InChI=1S/C19H16FNO3S/c1-2-25-18-10-6-4-8-15(18)19(22)23-12-13-11-17(24-21-13)14-7-3-5-9-16(14)20/h3-11H,2,12H2,1H3. The summed E-state index contributed by atoms with van der Waals surface area (Å²) in [4.78, 5) is 13.2. The maximum absolute atomic E-state index is 13.8. The molecule has 0 amide bonds. The van der Waals surface area contributed by atoms with Crippen LogP contribution in [0.5, 0.6) is 0 Å². The molecule has 6 heteroatoms. The lowest BCUT2D eigenvalue weighted by Gasteiger charge is -2.07. The van der Waals surface area contributed by atoms with Gasteiger partial charge in [-0.25, -0.2) is 9.18 Å². The second-order valence-electron chi connectivity index (χ2n) is 5.17. The van der Waals surface area contributed by atoms with Crippen LogP contribution in [-0.2, 0) is 11.3 Å². The zero-order valence-electron chi connectivity index (χ0n) is 13.6. The minimum atomic E-state index is -0.424. The topological polar surface area (TPSA) is 52.3 Å². The highest BCUT2D eigenvalue weighted by Gasteiger charge is 2.15. The lowest BCUT2D eigenvalue weighted by atomic mass is 10.1. The zero-order valence-corrected chi connectivity index (χ0v) is 14.4. The first-order valence-corrected chi connectivity index (χ1v) is 8.77. The molecule has 0 aliphatic heterocycles. The second kappa shape index (κ2) is 7.98. The Morgan fingerprint density at radius 3 is 2.76 bits per heavy atom. The second-order valence-corrected chi connectivity index (χ2v) is 6.47. The molecule has 2 aromatic carbocycles. The minimum absolute atomic E-state index is 0.0398. The predicted octanol–water partition coefficient (Wildman–Crippen LogP) is 4.95. The Morgan fingerprint density at radius 1 is 1.20 bits per heavy atom. The highest BCUT2D eigenvalue weighted by Crippen LogP contribution is 2.25. The highest BCUT2D eigenvalue weighted by molar-refractivity contribution is 7.99. The first-order valence-electron chi connectivity index (χ1n) is 7.78. The van der Waals surface area contributed by atoms with E-state index in [0.29, 0.717) is 22.6 Å². The number of hydrogen-bond acceptors (Lipinski definition) is 5. The van der Waals surface area contributed by atoms with Gasteiger partial charge in [-0.3, -0.25) is 0 Å². The molecule has 0 aliphatic rings. The molecule has 0 fully saturated rings. The number of halogens is 1. The van der Waals surface area contributed by atoms with Crippen molar-refractivity contribution in [3.8, 4) is 11.3 Å². The summed E-state index contributed by atoms with van der Waals surface area (Å²) in [5.74, 6) is 0.338. The molecule has 25 heavy (non-hydrogen) atoms. The molecule has 0 aliphatic carbocycles. The largest absolute Gasteiger partial charge is 0.455 e. The van der Waals surface area contributed by atoms with E-state index in [9.17, 15) is 9.18 Å². The molecule has 0 spiro atoms. The first kappa shape index (κ1) is 17.2. The Bertz CT molecular complexity index is 878. The number of carbonyl (C=O) groups is 1. The molecule has 0 atom stereocenters. The summed E-state index contributed by atoms with van der Waals surface area (Å²) in [6.45, 7) is 1.98. The van der Waals surface area contributed by atoms with E-state index in [1.54, 1.807) is 48.2 Å². The molecule has 3 rings (SSSR count). The summed E-state index contributed by atoms with van der Waals surface area (Å²) in [6.07, 6.45) is 0. The predicted molar refractivity (Wildman–Crippen MR) is 93.9 cm³/mol. The highest BCUT2D eigenvalue weighted by atomic mass is 32.2. The quantitative estimate of drug-likeness (QED) is 0.461. The van der Waals surface area contributed by atoms with E-state index in [4.69, 9.17) is 9.26 Å². The van der Waals surface area contributed by atoms with Crippen LogP contribution in [0.4, 0.5) is 4.39 Å². The molecule has 0 saturated carbocycles. The van der Waals surface area contributed by atoms with E-state index >= 15 is 0 Å². The van der Waals surface area contributed by atoms with E-state index < -0.39 is 11.8 Å². The van der Waals surface area contributed by atoms with Crippen LogP contribution in [0.1, 0.15) is 23.0 Å². The number of aromatic nitrogens is 1. The van der Waals surface area contributed by atoms with Gasteiger partial charge in [0, 0.05) is 11.0 Å². The van der Waals surface area contributed by atoms with Crippen molar-refractivity contribution >= 4 is 17.7 Å². The van der Waals surface area contributed by atoms with Crippen LogP contribution in [0, 0.1) is 5.82 Å². The number of nitrogens with zero attached hydrogens (tertiary/aromatic N) is 1. The molecule has 0 unspecified atom stereocenters. The van der Waals surface area contributed by atoms with Crippen LogP contribution in [0.15, 0.2) is 64.0 Å². The summed E-state index contributed by atoms with van der Waals surface area (Å²) in [7, 11) is 0. The lowest BCUT2D eigenvalue weighted by Crippen LogP contribution is -2.06. The van der Waals surface area contributed by atoms with Gasteiger partial charge in [0.05, 0.1) is 11.1 Å². The van der Waals surface area contributed by atoms with Gasteiger partial charge in [0.1, 0.15) is 18.1 Å². The monoisotopic (exact) mass is 357 g/mol. The summed E-state index contributed by atoms with van der Waals surface area (Å²) >= 11 is 1.58. The van der Waals surface area contributed by atoms with Crippen molar-refractivity contribution in [3.63, 3.8) is 0 Å². The lowest BCUT2D eigenvalue weighted by molar-refractivity contribution is 0.0460. The molecule has 0 saturated heterocycles. The number of carbonyl (C=O) groups excluding carboxylic acids is 1. The molecule has 3 aromatic rings. The molecule has 0 bridgehead atoms. The van der Waals surface area contributed by atoms with Crippen LogP contribution >= 0.6 is 11.8 Å². The van der Waals surface area contributed by atoms with Crippen molar-refractivity contribution in [2.24, 2.45) is 0 Å². The number of benzene rings is 2. The number of rotatable bonds is 6. The Hall–Kier alpha value is -2.60. The number of esters is 1. The van der Waals surface area contributed by atoms with E-state index in [-0.39, 0.29) is 6.61 Å². The molecule has 4 nitrogen and oxygen atoms in total. The maximum Gasteiger partial charge on any atom is 0.339 e. The average Bonchev–Trinajstić information content (AvgIpc) is 3.09. The van der Waals surface area contributed by atoms with Crippen molar-refractivity contribution in [3.05, 3.63) is 71.7 Å². The fraction of sp³-hybridized carbons (Fsp3) is 0.158. The molecular formula is C19H16FNO3S. The number of thioether (sulfide) groups is 1. The van der Waals surface area contributed by atoms with Gasteiger partial charge in [0.25, 0.3) is 0 Å². The minimum Gasteiger partial charge on any atom is -0.455 e. The van der Waals surface area contributed by atoms with Crippen LogP contribution in [-0.4, -0.2) is 16.9 Å². The van der Waals surface area contributed by atoms with Crippen molar-refractivity contribution in [1.29, 1.82) is 0 Å². The van der Waals surface area contributed by atoms with E-state index in [1.165, 1.54) is 6.07 Å². The van der Waals surface area contributed by atoms with Gasteiger partial charge >= 0.3 is 5.97 Å². The Balaban J connectivity index is 1.69. The Morgan fingerprint density at radius 2 is 1.96 bits per heavy atom. The van der Waals surface area contributed by atoms with Crippen LogP contribution in [0.25, 0.3) is 11.3 Å².